The summed E-state index contributed by atoms with van der Waals surface area (Å²) < 4.78 is 5.76. The summed E-state index contributed by atoms with van der Waals surface area (Å²) >= 11 is 6.09. The molecule has 2 N–H and O–H groups in total. The van der Waals surface area contributed by atoms with Crippen molar-refractivity contribution in [3.8, 4) is 0 Å². The SMILES string of the molecule is NC(=O)C1(OC(=O)C23CC4CC(C2)CC(c2ccc(Cl)cc2)(C4)C3)CC1. The first kappa shape index (κ1) is 16.6. The van der Waals surface area contributed by atoms with Crippen molar-refractivity contribution >= 4 is 23.5 Å². The van der Waals surface area contributed by atoms with Crippen molar-refractivity contribution < 1.29 is 14.3 Å². The molecule has 0 heterocycles. The highest BCUT2D eigenvalue weighted by molar-refractivity contribution is 6.30. The predicted octanol–water partition coefficient (Wildman–Crippen LogP) is 3.74. The lowest BCUT2D eigenvalue weighted by Gasteiger charge is -2.61. The highest BCUT2D eigenvalue weighted by atomic mass is 35.5. The summed E-state index contributed by atoms with van der Waals surface area (Å²) in [5.41, 5.74) is 5.34. The molecule has 0 saturated heterocycles. The van der Waals surface area contributed by atoms with Gasteiger partial charge >= 0.3 is 5.97 Å². The molecule has 4 bridgehead atoms. The Bertz CT molecular complexity index is 769. The van der Waals surface area contributed by atoms with Crippen LogP contribution >= 0.6 is 11.6 Å². The first-order valence-electron chi connectivity index (χ1n) is 9.64. The van der Waals surface area contributed by atoms with E-state index in [0.717, 1.165) is 37.1 Å². The third-order valence-corrected chi connectivity index (χ3v) is 7.64. The molecule has 0 radical (unpaired) electrons. The molecule has 0 spiro atoms. The third-order valence-electron chi connectivity index (χ3n) is 7.39. The second-order valence-corrected chi connectivity index (χ2v) is 9.71. The van der Waals surface area contributed by atoms with Crippen LogP contribution in [-0.4, -0.2) is 17.5 Å². The molecule has 6 rings (SSSR count). The zero-order chi connectivity index (χ0) is 18.2. The molecule has 1 aromatic carbocycles. The molecule has 4 nitrogen and oxygen atoms in total. The van der Waals surface area contributed by atoms with Crippen LogP contribution in [0, 0.1) is 17.3 Å². The Morgan fingerprint density at radius 2 is 1.65 bits per heavy atom. The van der Waals surface area contributed by atoms with Crippen LogP contribution in [0.15, 0.2) is 24.3 Å². The van der Waals surface area contributed by atoms with Gasteiger partial charge in [0.1, 0.15) is 0 Å². The van der Waals surface area contributed by atoms with Gasteiger partial charge in [0.25, 0.3) is 5.91 Å². The molecule has 5 aliphatic carbocycles. The molecule has 0 aromatic heterocycles. The van der Waals surface area contributed by atoms with E-state index in [1.807, 2.05) is 12.1 Å². The summed E-state index contributed by atoms with van der Waals surface area (Å²) in [6.07, 6.45) is 7.24. The number of halogens is 1. The second-order valence-electron chi connectivity index (χ2n) is 9.28. The monoisotopic (exact) mass is 373 g/mol. The number of amides is 1. The van der Waals surface area contributed by atoms with Crippen molar-refractivity contribution in [2.24, 2.45) is 23.0 Å². The molecule has 2 atom stereocenters. The molecule has 26 heavy (non-hydrogen) atoms. The molecule has 2 unspecified atom stereocenters. The smallest absolute Gasteiger partial charge is 0.313 e. The maximum Gasteiger partial charge on any atom is 0.313 e. The molecule has 5 saturated carbocycles. The zero-order valence-electron chi connectivity index (χ0n) is 14.8. The number of primary amides is 1. The summed E-state index contributed by atoms with van der Waals surface area (Å²) in [5, 5.41) is 0.740. The van der Waals surface area contributed by atoms with E-state index in [2.05, 4.69) is 12.1 Å². The van der Waals surface area contributed by atoms with Gasteiger partial charge in [0.2, 0.25) is 0 Å². The van der Waals surface area contributed by atoms with Gasteiger partial charge in [0.05, 0.1) is 5.41 Å². The average Bonchev–Trinajstić information content (AvgIpc) is 3.35. The summed E-state index contributed by atoms with van der Waals surface area (Å²) in [5.74, 6) is 0.440. The van der Waals surface area contributed by atoms with Crippen LogP contribution in [0.1, 0.15) is 56.9 Å². The molecule has 138 valence electrons. The Labute approximate surface area is 158 Å². The van der Waals surface area contributed by atoms with Crippen molar-refractivity contribution in [2.45, 2.75) is 62.4 Å². The minimum atomic E-state index is -1.02. The minimum absolute atomic E-state index is 0.0388. The molecule has 1 aromatic rings. The lowest BCUT2D eigenvalue weighted by molar-refractivity contribution is -0.183. The van der Waals surface area contributed by atoms with E-state index in [4.69, 9.17) is 22.1 Å². The Morgan fingerprint density at radius 1 is 1.04 bits per heavy atom. The van der Waals surface area contributed by atoms with Gasteiger partial charge in [-0.3, -0.25) is 9.59 Å². The number of hydrogen-bond donors (Lipinski definition) is 1. The first-order chi connectivity index (χ1) is 12.3. The second kappa shape index (κ2) is 5.25. The average molecular weight is 374 g/mol. The quantitative estimate of drug-likeness (QED) is 0.817. The third kappa shape index (κ3) is 2.34. The fraction of sp³-hybridized carbons (Fsp3) is 0.619. The fourth-order valence-corrected chi connectivity index (χ4v) is 6.57. The first-order valence-corrected chi connectivity index (χ1v) is 10.0. The Kier molecular flexibility index (Phi) is 3.35. The van der Waals surface area contributed by atoms with Gasteiger partial charge in [-0.05, 0) is 73.5 Å². The van der Waals surface area contributed by atoms with Crippen LogP contribution < -0.4 is 5.73 Å². The molecule has 5 aliphatic rings. The van der Waals surface area contributed by atoms with E-state index in [1.165, 1.54) is 12.0 Å². The topological polar surface area (TPSA) is 69.4 Å². The predicted molar refractivity (Wildman–Crippen MR) is 97.5 cm³/mol. The number of hydrogen-bond acceptors (Lipinski definition) is 3. The number of carbonyl (C=O) groups excluding carboxylic acids is 2. The highest BCUT2D eigenvalue weighted by Crippen LogP contribution is 2.66. The summed E-state index contributed by atoms with van der Waals surface area (Å²) in [4.78, 5) is 24.9. The summed E-state index contributed by atoms with van der Waals surface area (Å²) in [6.45, 7) is 0. The minimum Gasteiger partial charge on any atom is -0.449 e. The van der Waals surface area contributed by atoms with Gasteiger partial charge < -0.3 is 10.5 Å². The number of carbonyl (C=O) groups is 2. The van der Waals surface area contributed by atoms with E-state index >= 15 is 0 Å². The number of ether oxygens (including phenoxy) is 1. The maximum absolute atomic E-state index is 13.2. The van der Waals surface area contributed by atoms with Crippen molar-refractivity contribution in [3.63, 3.8) is 0 Å². The maximum atomic E-state index is 13.2. The van der Waals surface area contributed by atoms with Gasteiger partial charge in [0, 0.05) is 17.9 Å². The number of rotatable bonds is 4. The Balaban J connectivity index is 1.48. The molecule has 5 fully saturated rings. The summed E-state index contributed by atoms with van der Waals surface area (Å²) in [6, 6.07) is 8.15. The lowest BCUT2D eigenvalue weighted by Crippen LogP contribution is -2.58. The van der Waals surface area contributed by atoms with Crippen LogP contribution in [0.3, 0.4) is 0 Å². The van der Waals surface area contributed by atoms with Crippen molar-refractivity contribution in [1.29, 1.82) is 0 Å². The van der Waals surface area contributed by atoms with Crippen molar-refractivity contribution in [1.82, 2.24) is 0 Å². The van der Waals surface area contributed by atoms with Gasteiger partial charge in [-0.15, -0.1) is 0 Å². The standard InChI is InChI=1S/C21H24ClNO3/c22-16-3-1-15(2-4-16)19-8-13-7-14(9-19)11-20(10-13,12-19)18(25)26-21(5-6-21)17(23)24/h1-4,13-14H,5-12H2,(H2,23,24). The van der Waals surface area contributed by atoms with Gasteiger partial charge in [-0.25, -0.2) is 0 Å². The van der Waals surface area contributed by atoms with Crippen LogP contribution in [0.5, 0.6) is 0 Å². The van der Waals surface area contributed by atoms with Crippen LogP contribution in [0.4, 0.5) is 0 Å². The van der Waals surface area contributed by atoms with Gasteiger partial charge in [-0.1, -0.05) is 23.7 Å². The van der Waals surface area contributed by atoms with Crippen molar-refractivity contribution in [2.75, 3.05) is 0 Å². The Hall–Kier alpha value is -1.55. The number of benzene rings is 1. The van der Waals surface area contributed by atoms with E-state index in [-0.39, 0.29) is 11.4 Å². The summed E-state index contributed by atoms with van der Waals surface area (Å²) in [7, 11) is 0. The van der Waals surface area contributed by atoms with Crippen molar-refractivity contribution in [3.05, 3.63) is 34.9 Å². The van der Waals surface area contributed by atoms with E-state index in [0.29, 0.717) is 24.7 Å². The normalized spacial score (nSPS) is 38.8. The van der Waals surface area contributed by atoms with Crippen LogP contribution in [-0.2, 0) is 19.7 Å². The van der Waals surface area contributed by atoms with E-state index in [1.54, 1.807) is 0 Å². The Morgan fingerprint density at radius 3 is 2.19 bits per heavy atom. The molecule has 1 amide bonds. The van der Waals surface area contributed by atoms with Gasteiger partial charge in [0.15, 0.2) is 5.60 Å². The molecule has 0 aliphatic heterocycles. The van der Waals surface area contributed by atoms with E-state index < -0.39 is 16.9 Å². The number of esters is 1. The largest absolute Gasteiger partial charge is 0.449 e. The lowest BCUT2D eigenvalue weighted by atomic mass is 9.43. The molecular weight excluding hydrogens is 350 g/mol. The zero-order valence-corrected chi connectivity index (χ0v) is 15.6. The van der Waals surface area contributed by atoms with Crippen LogP contribution in [0.2, 0.25) is 5.02 Å². The number of nitrogens with two attached hydrogens (primary N) is 1. The molecule has 5 heteroatoms. The highest BCUT2D eigenvalue weighted by Gasteiger charge is 2.64. The van der Waals surface area contributed by atoms with Gasteiger partial charge in [-0.2, -0.15) is 0 Å². The van der Waals surface area contributed by atoms with E-state index in [9.17, 15) is 9.59 Å². The fourth-order valence-electron chi connectivity index (χ4n) is 6.44. The molecular formula is C21H24ClNO3. The van der Waals surface area contributed by atoms with Crippen LogP contribution in [0.25, 0.3) is 0 Å².